The van der Waals surface area contributed by atoms with Gasteiger partial charge in [-0.05, 0) is 45.4 Å². The van der Waals surface area contributed by atoms with Crippen LogP contribution in [0, 0.1) is 5.82 Å². The van der Waals surface area contributed by atoms with Crippen LogP contribution in [0.3, 0.4) is 0 Å². The molecule has 1 aromatic carbocycles. The second-order valence-corrected chi connectivity index (χ2v) is 9.37. The fourth-order valence-corrected chi connectivity index (χ4v) is 4.36. The van der Waals surface area contributed by atoms with Crippen LogP contribution in [0.5, 0.6) is 5.75 Å². The summed E-state index contributed by atoms with van der Waals surface area (Å²) in [4.78, 5) is 19.2. The van der Waals surface area contributed by atoms with E-state index in [0.29, 0.717) is 26.2 Å². The van der Waals surface area contributed by atoms with Gasteiger partial charge in [-0.15, -0.1) is 0 Å². The number of urea groups is 1. The fraction of sp³-hybridized carbons (Fsp3) is 0.696. The smallest absolute Gasteiger partial charge is 0.317 e. The quantitative estimate of drug-likeness (QED) is 0.743. The molecule has 0 saturated carbocycles. The molecule has 7 nitrogen and oxygen atoms in total. The highest BCUT2D eigenvalue weighted by Gasteiger charge is 2.34. The van der Waals surface area contributed by atoms with Crippen LogP contribution in [-0.4, -0.2) is 91.4 Å². The Morgan fingerprint density at radius 1 is 1.19 bits per heavy atom. The minimum absolute atomic E-state index is 0.0161. The third kappa shape index (κ3) is 6.30. The monoisotopic (exact) mass is 436 g/mol. The third-order valence-corrected chi connectivity index (χ3v) is 6.23. The molecule has 2 aliphatic heterocycles. The SMILES string of the molecule is COc1ccc(CN2CCN(C(=O)NCC(C)(C)N3CC(C)OC(C)C3)CC2)cc1F. The predicted molar refractivity (Wildman–Crippen MR) is 119 cm³/mol. The molecule has 8 heteroatoms. The van der Waals surface area contributed by atoms with Gasteiger partial charge in [-0.2, -0.15) is 0 Å². The van der Waals surface area contributed by atoms with Crippen molar-refractivity contribution in [1.82, 2.24) is 20.0 Å². The number of carbonyl (C=O) groups is 1. The van der Waals surface area contributed by atoms with Gasteiger partial charge in [-0.25, -0.2) is 9.18 Å². The number of carbonyl (C=O) groups excluding carboxylic acids is 1. The fourth-order valence-electron chi connectivity index (χ4n) is 4.36. The van der Waals surface area contributed by atoms with E-state index in [2.05, 4.69) is 42.8 Å². The molecule has 2 unspecified atom stereocenters. The molecule has 0 radical (unpaired) electrons. The Morgan fingerprint density at radius 3 is 2.42 bits per heavy atom. The van der Waals surface area contributed by atoms with E-state index >= 15 is 0 Å². The summed E-state index contributed by atoms with van der Waals surface area (Å²) in [5.41, 5.74) is 0.772. The number of benzene rings is 1. The van der Waals surface area contributed by atoms with E-state index in [4.69, 9.17) is 9.47 Å². The molecule has 2 aliphatic rings. The zero-order chi connectivity index (χ0) is 22.6. The molecular formula is C23H37FN4O3. The van der Waals surface area contributed by atoms with Crippen molar-refractivity contribution in [2.24, 2.45) is 0 Å². The average Bonchev–Trinajstić information content (AvgIpc) is 2.72. The highest BCUT2D eigenvalue weighted by Crippen LogP contribution is 2.21. The second kappa shape index (κ2) is 10.1. The van der Waals surface area contributed by atoms with Crippen molar-refractivity contribution >= 4 is 6.03 Å². The lowest BCUT2D eigenvalue weighted by atomic mass is 10.00. The highest BCUT2D eigenvalue weighted by atomic mass is 19.1. The first-order valence-electron chi connectivity index (χ1n) is 11.2. The van der Waals surface area contributed by atoms with Crippen LogP contribution in [-0.2, 0) is 11.3 Å². The van der Waals surface area contributed by atoms with Crippen molar-refractivity contribution in [2.45, 2.75) is 52.0 Å². The number of hydrogen-bond donors (Lipinski definition) is 1. The molecule has 2 amide bonds. The minimum atomic E-state index is -0.343. The maximum absolute atomic E-state index is 13.9. The Bertz CT molecular complexity index is 742. The van der Waals surface area contributed by atoms with Gasteiger partial charge in [0, 0.05) is 57.9 Å². The number of methoxy groups -OCH3 is 1. The second-order valence-electron chi connectivity index (χ2n) is 9.37. The van der Waals surface area contributed by atoms with Crippen LogP contribution < -0.4 is 10.1 Å². The molecule has 0 aromatic heterocycles. The van der Waals surface area contributed by atoms with Crippen LogP contribution in [0.1, 0.15) is 33.3 Å². The molecule has 174 valence electrons. The van der Waals surface area contributed by atoms with Crippen molar-refractivity contribution < 1.29 is 18.7 Å². The van der Waals surface area contributed by atoms with E-state index in [0.717, 1.165) is 31.7 Å². The Hall–Kier alpha value is -1.90. The molecular weight excluding hydrogens is 399 g/mol. The van der Waals surface area contributed by atoms with Gasteiger partial charge < -0.3 is 19.7 Å². The number of amides is 2. The van der Waals surface area contributed by atoms with Gasteiger partial charge in [-0.3, -0.25) is 9.80 Å². The Labute approximate surface area is 185 Å². The van der Waals surface area contributed by atoms with E-state index in [-0.39, 0.29) is 35.3 Å². The normalized spacial score (nSPS) is 23.6. The number of nitrogens with zero attached hydrogens (tertiary/aromatic N) is 3. The summed E-state index contributed by atoms with van der Waals surface area (Å²) in [6, 6.07) is 5.05. The first kappa shape index (κ1) is 23.8. The molecule has 3 rings (SSSR count). The maximum Gasteiger partial charge on any atom is 0.317 e. The molecule has 2 heterocycles. The van der Waals surface area contributed by atoms with Gasteiger partial charge in [0.25, 0.3) is 0 Å². The van der Waals surface area contributed by atoms with Gasteiger partial charge in [-0.1, -0.05) is 6.07 Å². The lowest BCUT2D eigenvalue weighted by Crippen LogP contribution is -2.60. The first-order chi connectivity index (χ1) is 14.7. The van der Waals surface area contributed by atoms with E-state index in [1.165, 1.54) is 13.2 Å². The summed E-state index contributed by atoms with van der Waals surface area (Å²) >= 11 is 0. The van der Waals surface area contributed by atoms with Gasteiger partial charge in [0.15, 0.2) is 11.6 Å². The number of nitrogens with one attached hydrogen (secondary N) is 1. The van der Waals surface area contributed by atoms with Crippen LogP contribution in [0.25, 0.3) is 0 Å². The van der Waals surface area contributed by atoms with Crippen molar-refractivity contribution in [2.75, 3.05) is 52.9 Å². The van der Waals surface area contributed by atoms with Crippen LogP contribution >= 0.6 is 0 Å². The summed E-state index contributed by atoms with van der Waals surface area (Å²) < 4.78 is 24.7. The van der Waals surface area contributed by atoms with Crippen molar-refractivity contribution in [3.05, 3.63) is 29.6 Å². The number of morpholine rings is 1. The van der Waals surface area contributed by atoms with Gasteiger partial charge in [0.2, 0.25) is 0 Å². The number of piperazine rings is 1. The van der Waals surface area contributed by atoms with Crippen LogP contribution in [0.4, 0.5) is 9.18 Å². The molecule has 2 fully saturated rings. The Morgan fingerprint density at radius 2 is 1.84 bits per heavy atom. The molecule has 31 heavy (non-hydrogen) atoms. The molecule has 0 aliphatic carbocycles. The molecule has 1 N–H and O–H groups in total. The van der Waals surface area contributed by atoms with Crippen LogP contribution in [0.2, 0.25) is 0 Å². The third-order valence-electron chi connectivity index (χ3n) is 6.23. The van der Waals surface area contributed by atoms with E-state index in [9.17, 15) is 9.18 Å². The van der Waals surface area contributed by atoms with Crippen molar-refractivity contribution in [3.8, 4) is 5.75 Å². The zero-order valence-electron chi connectivity index (χ0n) is 19.5. The maximum atomic E-state index is 13.9. The molecule has 2 saturated heterocycles. The van der Waals surface area contributed by atoms with Gasteiger partial charge >= 0.3 is 6.03 Å². The van der Waals surface area contributed by atoms with E-state index < -0.39 is 0 Å². The largest absolute Gasteiger partial charge is 0.494 e. The Balaban J connectivity index is 1.44. The van der Waals surface area contributed by atoms with Crippen LogP contribution in [0.15, 0.2) is 18.2 Å². The molecule has 2 atom stereocenters. The van der Waals surface area contributed by atoms with E-state index in [1.54, 1.807) is 6.07 Å². The van der Waals surface area contributed by atoms with Crippen molar-refractivity contribution in [3.63, 3.8) is 0 Å². The zero-order valence-corrected chi connectivity index (χ0v) is 19.5. The topological polar surface area (TPSA) is 57.3 Å². The summed E-state index contributed by atoms with van der Waals surface area (Å²) in [7, 11) is 1.46. The van der Waals surface area contributed by atoms with Gasteiger partial charge in [0.05, 0.1) is 19.3 Å². The molecule has 0 spiro atoms. The summed E-state index contributed by atoms with van der Waals surface area (Å²) in [5.74, 6) is -0.0844. The number of halogens is 1. The lowest BCUT2D eigenvalue weighted by molar-refractivity contribution is -0.0948. The highest BCUT2D eigenvalue weighted by molar-refractivity contribution is 5.74. The average molecular weight is 437 g/mol. The van der Waals surface area contributed by atoms with E-state index in [1.807, 2.05) is 11.0 Å². The summed E-state index contributed by atoms with van der Waals surface area (Å²) in [5, 5.41) is 3.13. The van der Waals surface area contributed by atoms with Gasteiger partial charge in [0.1, 0.15) is 0 Å². The number of rotatable bonds is 6. The number of ether oxygens (including phenoxy) is 2. The number of hydrogen-bond acceptors (Lipinski definition) is 5. The first-order valence-corrected chi connectivity index (χ1v) is 11.2. The lowest BCUT2D eigenvalue weighted by Gasteiger charge is -2.45. The molecule has 1 aromatic rings. The standard InChI is InChI=1S/C23H37FN4O3/c1-17-13-28(14-18(2)31-17)23(3,4)16-25-22(29)27-10-8-26(9-11-27)15-19-6-7-21(30-5)20(24)12-19/h6-7,12,17-18H,8-11,13-16H2,1-5H3,(H,25,29). The van der Waals surface area contributed by atoms with Crippen molar-refractivity contribution in [1.29, 1.82) is 0 Å². The summed E-state index contributed by atoms with van der Waals surface area (Å²) in [6.07, 6.45) is 0.400. The Kier molecular flexibility index (Phi) is 7.78. The predicted octanol–water partition coefficient (Wildman–Crippen LogP) is 2.55. The molecule has 0 bridgehead atoms. The summed E-state index contributed by atoms with van der Waals surface area (Å²) in [6.45, 7) is 14.4. The minimum Gasteiger partial charge on any atom is -0.494 e.